The highest BCUT2D eigenvalue weighted by atomic mass is 19.4. The fraction of sp³-hybridized carbons (Fsp3) is 0.357. The van der Waals surface area contributed by atoms with Crippen molar-refractivity contribution in [2.45, 2.75) is 30.4 Å². The second kappa shape index (κ2) is 6.18. The molecule has 6 nitrogen and oxygen atoms in total. The van der Waals surface area contributed by atoms with E-state index in [2.05, 4.69) is 0 Å². The molecular weight excluding hydrogens is 374 g/mol. The van der Waals surface area contributed by atoms with Crippen LogP contribution in [-0.2, 0) is 16.0 Å². The van der Waals surface area contributed by atoms with Crippen LogP contribution in [0.15, 0.2) is 30.3 Å². The SMILES string of the molecule is O=C(O)C(Cc1ccccc1)N1C(=O)NC(C(F)(F)F)(C(F)(F)F)C1=O. The third kappa shape index (κ3) is 2.95. The zero-order valence-electron chi connectivity index (χ0n) is 12.6. The zero-order chi connectivity index (χ0) is 19.9. The van der Waals surface area contributed by atoms with Crippen LogP contribution in [0.2, 0.25) is 0 Å². The van der Waals surface area contributed by atoms with E-state index in [1.54, 1.807) is 0 Å². The van der Waals surface area contributed by atoms with Crippen molar-refractivity contribution in [2.75, 3.05) is 0 Å². The van der Waals surface area contributed by atoms with Gasteiger partial charge in [-0.2, -0.15) is 26.3 Å². The van der Waals surface area contributed by atoms with Crippen LogP contribution in [0.1, 0.15) is 5.56 Å². The van der Waals surface area contributed by atoms with Gasteiger partial charge in [-0.25, -0.2) is 14.5 Å². The number of hydrogen-bond acceptors (Lipinski definition) is 3. The minimum Gasteiger partial charge on any atom is -0.480 e. The number of carbonyl (C=O) groups excluding carboxylic acids is 2. The van der Waals surface area contributed by atoms with E-state index in [-0.39, 0.29) is 5.56 Å². The maximum Gasteiger partial charge on any atom is 0.429 e. The van der Waals surface area contributed by atoms with E-state index in [4.69, 9.17) is 5.11 Å². The van der Waals surface area contributed by atoms with Crippen molar-refractivity contribution in [3.05, 3.63) is 35.9 Å². The lowest BCUT2D eigenvalue weighted by molar-refractivity contribution is -0.290. The van der Waals surface area contributed by atoms with E-state index in [1.807, 2.05) is 0 Å². The summed E-state index contributed by atoms with van der Waals surface area (Å²) >= 11 is 0. The van der Waals surface area contributed by atoms with Gasteiger partial charge in [-0.1, -0.05) is 30.3 Å². The van der Waals surface area contributed by atoms with E-state index >= 15 is 0 Å². The molecule has 1 heterocycles. The Hall–Kier alpha value is -2.79. The Kier molecular flexibility index (Phi) is 4.64. The largest absolute Gasteiger partial charge is 0.480 e. The maximum absolute atomic E-state index is 13.1. The molecular formula is C14H10F6N2O4. The number of amides is 3. The van der Waals surface area contributed by atoms with Crippen LogP contribution in [0.4, 0.5) is 31.1 Å². The molecule has 2 N–H and O–H groups in total. The smallest absolute Gasteiger partial charge is 0.429 e. The number of carboxylic acids is 1. The molecule has 1 unspecified atom stereocenters. The van der Waals surface area contributed by atoms with Crippen LogP contribution in [-0.4, -0.2) is 51.8 Å². The molecule has 0 aromatic heterocycles. The molecule has 1 aromatic carbocycles. The third-order valence-corrected chi connectivity index (χ3v) is 3.77. The molecule has 1 fully saturated rings. The zero-order valence-corrected chi connectivity index (χ0v) is 12.6. The summed E-state index contributed by atoms with van der Waals surface area (Å²) in [6.07, 6.45) is -13.1. The molecule has 0 aliphatic carbocycles. The Morgan fingerprint density at radius 1 is 1.08 bits per heavy atom. The molecule has 0 bridgehead atoms. The van der Waals surface area contributed by atoms with Crippen molar-refractivity contribution in [2.24, 2.45) is 0 Å². The molecule has 12 heteroatoms. The third-order valence-electron chi connectivity index (χ3n) is 3.77. The lowest BCUT2D eigenvalue weighted by Gasteiger charge is -2.31. The molecule has 0 saturated carbocycles. The van der Waals surface area contributed by atoms with Crippen LogP contribution in [0.25, 0.3) is 0 Å². The van der Waals surface area contributed by atoms with Crippen molar-refractivity contribution in [3.63, 3.8) is 0 Å². The van der Waals surface area contributed by atoms with Gasteiger partial charge in [0.2, 0.25) is 0 Å². The van der Waals surface area contributed by atoms with Crippen molar-refractivity contribution in [1.82, 2.24) is 10.2 Å². The second-order valence-electron chi connectivity index (χ2n) is 5.39. The fourth-order valence-corrected chi connectivity index (χ4v) is 2.50. The average Bonchev–Trinajstić information content (AvgIpc) is 2.77. The number of nitrogens with zero attached hydrogens (tertiary/aromatic N) is 1. The van der Waals surface area contributed by atoms with Crippen LogP contribution in [0, 0.1) is 0 Å². The van der Waals surface area contributed by atoms with Crippen molar-refractivity contribution in [3.8, 4) is 0 Å². The van der Waals surface area contributed by atoms with Gasteiger partial charge >= 0.3 is 29.9 Å². The monoisotopic (exact) mass is 384 g/mol. The number of imide groups is 1. The summed E-state index contributed by atoms with van der Waals surface area (Å²) in [6.45, 7) is 0. The Labute approximate surface area is 141 Å². The normalized spacial score (nSPS) is 18.6. The lowest BCUT2D eigenvalue weighted by atomic mass is 9.96. The molecule has 1 aromatic rings. The first-order chi connectivity index (χ1) is 11.8. The quantitative estimate of drug-likeness (QED) is 0.615. The Morgan fingerprint density at radius 3 is 1.96 bits per heavy atom. The highest BCUT2D eigenvalue weighted by Crippen LogP contribution is 2.47. The van der Waals surface area contributed by atoms with Gasteiger partial charge in [0.1, 0.15) is 6.04 Å². The van der Waals surface area contributed by atoms with E-state index < -0.39 is 53.2 Å². The number of carboxylic acid groups (broad SMARTS) is 1. The van der Waals surface area contributed by atoms with E-state index in [9.17, 15) is 40.7 Å². The number of halogens is 6. The molecule has 142 valence electrons. The maximum atomic E-state index is 13.1. The topological polar surface area (TPSA) is 86.7 Å². The second-order valence-corrected chi connectivity index (χ2v) is 5.39. The van der Waals surface area contributed by atoms with Gasteiger partial charge < -0.3 is 10.4 Å². The number of aliphatic carboxylic acids is 1. The van der Waals surface area contributed by atoms with Crippen molar-refractivity contribution in [1.29, 1.82) is 0 Å². The first-order valence-electron chi connectivity index (χ1n) is 6.89. The fourth-order valence-electron chi connectivity index (χ4n) is 2.50. The minimum atomic E-state index is -6.22. The number of urea groups is 1. The molecule has 1 atom stereocenters. The highest BCUT2D eigenvalue weighted by Gasteiger charge is 2.81. The van der Waals surface area contributed by atoms with E-state index in [0.717, 1.165) is 0 Å². The van der Waals surface area contributed by atoms with Gasteiger partial charge in [-0.3, -0.25) is 4.79 Å². The minimum absolute atomic E-state index is 0.192. The Bertz CT molecular complexity index is 717. The summed E-state index contributed by atoms with van der Waals surface area (Å²) in [6, 6.07) is 2.76. The lowest BCUT2D eigenvalue weighted by Crippen LogP contribution is -2.68. The molecule has 1 aliphatic heterocycles. The van der Waals surface area contributed by atoms with Crippen LogP contribution >= 0.6 is 0 Å². The summed E-state index contributed by atoms with van der Waals surface area (Å²) < 4.78 is 78.4. The molecule has 2 rings (SSSR count). The van der Waals surface area contributed by atoms with Gasteiger partial charge in [0.25, 0.3) is 5.91 Å². The summed E-state index contributed by atoms with van der Waals surface area (Å²) in [5.74, 6) is -4.66. The summed E-state index contributed by atoms with van der Waals surface area (Å²) in [7, 11) is 0. The highest BCUT2D eigenvalue weighted by molar-refractivity contribution is 6.10. The molecule has 1 aliphatic rings. The molecule has 0 spiro atoms. The van der Waals surface area contributed by atoms with Gasteiger partial charge in [0.05, 0.1) is 0 Å². The number of hydrogen-bond donors (Lipinski definition) is 2. The molecule has 1 saturated heterocycles. The predicted molar refractivity (Wildman–Crippen MR) is 71.8 cm³/mol. The first-order valence-corrected chi connectivity index (χ1v) is 6.89. The summed E-state index contributed by atoms with van der Waals surface area (Å²) in [5, 5.41) is 9.76. The number of benzene rings is 1. The molecule has 0 radical (unpaired) electrons. The Morgan fingerprint density at radius 2 is 1.58 bits per heavy atom. The van der Waals surface area contributed by atoms with Gasteiger partial charge in [0, 0.05) is 6.42 Å². The van der Waals surface area contributed by atoms with E-state index in [1.165, 1.54) is 30.3 Å². The number of nitrogens with one attached hydrogen (secondary N) is 1. The number of carbonyl (C=O) groups is 3. The van der Waals surface area contributed by atoms with Crippen molar-refractivity contribution >= 4 is 17.9 Å². The van der Waals surface area contributed by atoms with Crippen LogP contribution in [0.5, 0.6) is 0 Å². The molecule has 26 heavy (non-hydrogen) atoms. The Balaban J connectivity index is 2.50. The van der Waals surface area contributed by atoms with Crippen LogP contribution < -0.4 is 5.32 Å². The average molecular weight is 384 g/mol. The summed E-state index contributed by atoms with van der Waals surface area (Å²) in [5.41, 5.74) is -5.00. The number of alkyl halides is 6. The van der Waals surface area contributed by atoms with Crippen LogP contribution in [0.3, 0.4) is 0 Å². The van der Waals surface area contributed by atoms with Gasteiger partial charge in [-0.15, -0.1) is 0 Å². The van der Waals surface area contributed by atoms with E-state index in [0.29, 0.717) is 5.32 Å². The number of rotatable bonds is 4. The predicted octanol–water partition coefficient (Wildman–Crippen LogP) is 2.10. The van der Waals surface area contributed by atoms with Gasteiger partial charge in [-0.05, 0) is 5.56 Å². The standard InChI is InChI=1S/C14H10F6N2O4/c15-13(16,17)12(14(18,19)20)10(25)22(11(26)21-12)8(9(23)24)6-7-4-2-1-3-5-7/h1-5,8H,6H2,(H,21,26)(H,23,24). The van der Waals surface area contributed by atoms with Gasteiger partial charge in [0.15, 0.2) is 0 Å². The summed E-state index contributed by atoms with van der Waals surface area (Å²) in [4.78, 5) is 34.6. The molecule has 3 amide bonds. The first kappa shape index (κ1) is 19.5. The van der Waals surface area contributed by atoms with Crippen molar-refractivity contribution < 1.29 is 45.8 Å².